The fourth-order valence-electron chi connectivity index (χ4n) is 4.01. The summed E-state index contributed by atoms with van der Waals surface area (Å²) in [6.45, 7) is 6.06. The Hall–Kier alpha value is -0.830. The van der Waals surface area contributed by atoms with Gasteiger partial charge in [0.25, 0.3) is 0 Å². The molecule has 3 nitrogen and oxygen atoms in total. The molecular weight excluding hydrogens is 258 g/mol. The van der Waals surface area contributed by atoms with Crippen LogP contribution in [0.25, 0.3) is 0 Å². The molecule has 1 saturated carbocycles. The van der Waals surface area contributed by atoms with Crippen LogP contribution in [0.1, 0.15) is 69.9 Å². The number of hydrogen-bond acceptors (Lipinski definition) is 2. The Balaban J connectivity index is 1.40. The molecule has 21 heavy (non-hydrogen) atoms. The van der Waals surface area contributed by atoms with Crippen molar-refractivity contribution in [3.8, 4) is 0 Å². The molecule has 1 aliphatic carbocycles. The number of aromatic nitrogens is 2. The van der Waals surface area contributed by atoms with Crippen LogP contribution in [0, 0.1) is 5.92 Å². The van der Waals surface area contributed by atoms with Gasteiger partial charge in [-0.2, -0.15) is 5.10 Å². The van der Waals surface area contributed by atoms with Crippen molar-refractivity contribution in [1.82, 2.24) is 14.7 Å². The molecular formula is C18H31N3. The molecule has 0 N–H and O–H groups in total. The average molecular weight is 289 g/mol. The van der Waals surface area contributed by atoms with Gasteiger partial charge in [0.2, 0.25) is 0 Å². The maximum atomic E-state index is 4.55. The highest BCUT2D eigenvalue weighted by atomic mass is 15.3. The lowest BCUT2D eigenvalue weighted by Crippen LogP contribution is -2.36. The van der Waals surface area contributed by atoms with Gasteiger partial charge < -0.3 is 4.90 Å². The van der Waals surface area contributed by atoms with Gasteiger partial charge in [-0.15, -0.1) is 0 Å². The largest absolute Gasteiger partial charge is 0.303 e. The summed E-state index contributed by atoms with van der Waals surface area (Å²) in [6, 6.07) is 0.635. The molecule has 0 radical (unpaired) electrons. The molecule has 3 rings (SSSR count). The van der Waals surface area contributed by atoms with Gasteiger partial charge in [-0.1, -0.05) is 39.0 Å². The molecule has 0 aromatic carbocycles. The quantitative estimate of drug-likeness (QED) is 0.815. The second-order valence-electron chi connectivity index (χ2n) is 7.05. The van der Waals surface area contributed by atoms with Gasteiger partial charge in [-0.3, -0.25) is 4.68 Å². The zero-order valence-corrected chi connectivity index (χ0v) is 13.6. The number of rotatable bonds is 5. The van der Waals surface area contributed by atoms with Crippen LogP contribution in [0.4, 0.5) is 0 Å². The minimum absolute atomic E-state index is 0.635. The third-order valence-electron chi connectivity index (χ3n) is 5.57. The fraction of sp³-hybridized carbons (Fsp3) is 0.833. The summed E-state index contributed by atoms with van der Waals surface area (Å²) in [5.41, 5.74) is 1.37. The molecule has 0 bridgehead atoms. The lowest BCUT2D eigenvalue weighted by molar-refractivity contribution is 0.164. The molecule has 0 amide bonds. The van der Waals surface area contributed by atoms with Crippen LogP contribution in [0.3, 0.4) is 0 Å². The molecule has 1 aromatic heterocycles. The molecule has 0 unspecified atom stereocenters. The van der Waals surface area contributed by atoms with Crippen molar-refractivity contribution in [3.05, 3.63) is 18.0 Å². The minimum atomic E-state index is 0.635. The van der Waals surface area contributed by atoms with Crippen LogP contribution >= 0.6 is 0 Å². The zero-order valence-electron chi connectivity index (χ0n) is 13.6. The highest BCUT2D eigenvalue weighted by molar-refractivity contribution is 5.04. The molecule has 3 heteroatoms. The molecule has 1 aliphatic heterocycles. The monoisotopic (exact) mass is 289 g/mol. The van der Waals surface area contributed by atoms with E-state index in [-0.39, 0.29) is 0 Å². The Morgan fingerprint density at radius 3 is 2.52 bits per heavy atom. The van der Waals surface area contributed by atoms with Gasteiger partial charge in [-0.05, 0) is 43.7 Å². The minimum Gasteiger partial charge on any atom is -0.303 e. The van der Waals surface area contributed by atoms with Crippen molar-refractivity contribution in [2.75, 3.05) is 19.6 Å². The van der Waals surface area contributed by atoms with E-state index in [4.69, 9.17) is 0 Å². The molecule has 1 saturated heterocycles. The van der Waals surface area contributed by atoms with Crippen LogP contribution in [0.5, 0.6) is 0 Å². The molecule has 1 aromatic rings. The predicted molar refractivity (Wildman–Crippen MR) is 87.5 cm³/mol. The molecule has 118 valence electrons. The summed E-state index contributed by atoms with van der Waals surface area (Å²) in [5, 5.41) is 4.55. The summed E-state index contributed by atoms with van der Waals surface area (Å²) >= 11 is 0. The van der Waals surface area contributed by atoms with Crippen molar-refractivity contribution in [2.45, 2.75) is 70.8 Å². The maximum absolute atomic E-state index is 4.55. The van der Waals surface area contributed by atoms with Crippen molar-refractivity contribution in [2.24, 2.45) is 5.92 Å². The second-order valence-corrected chi connectivity index (χ2v) is 7.05. The van der Waals surface area contributed by atoms with Crippen LogP contribution in [-0.4, -0.2) is 34.3 Å². The smallest absolute Gasteiger partial charge is 0.0543 e. The fourth-order valence-corrected chi connectivity index (χ4v) is 4.01. The first-order chi connectivity index (χ1) is 10.3. The van der Waals surface area contributed by atoms with Crippen LogP contribution in [0.2, 0.25) is 0 Å². The van der Waals surface area contributed by atoms with Gasteiger partial charge >= 0.3 is 0 Å². The van der Waals surface area contributed by atoms with E-state index in [9.17, 15) is 0 Å². The van der Waals surface area contributed by atoms with Crippen LogP contribution < -0.4 is 0 Å². The third-order valence-corrected chi connectivity index (χ3v) is 5.57. The molecule has 2 heterocycles. The molecule has 2 aliphatic rings. The summed E-state index contributed by atoms with van der Waals surface area (Å²) in [4.78, 5) is 2.69. The lowest BCUT2D eigenvalue weighted by atomic mass is 9.87. The summed E-state index contributed by atoms with van der Waals surface area (Å²) in [6.07, 6.45) is 16.8. The van der Waals surface area contributed by atoms with E-state index < -0.39 is 0 Å². The Morgan fingerprint density at radius 2 is 1.86 bits per heavy atom. The summed E-state index contributed by atoms with van der Waals surface area (Å²) in [5.74, 6) is 1.02. The first kappa shape index (κ1) is 15.1. The Bertz CT molecular complexity index is 412. The van der Waals surface area contributed by atoms with Gasteiger partial charge in [0.1, 0.15) is 0 Å². The van der Waals surface area contributed by atoms with Crippen molar-refractivity contribution in [1.29, 1.82) is 0 Å². The Morgan fingerprint density at radius 1 is 1.10 bits per heavy atom. The van der Waals surface area contributed by atoms with E-state index >= 15 is 0 Å². The van der Waals surface area contributed by atoms with Crippen LogP contribution in [0.15, 0.2) is 12.4 Å². The number of piperidine rings is 1. The number of nitrogens with zero attached hydrogens (tertiary/aromatic N) is 3. The highest BCUT2D eigenvalue weighted by Crippen LogP contribution is 2.28. The van der Waals surface area contributed by atoms with Gasteiger partial charge in [0.15, 0.2) is 0 Å². The van der Waals surface area contributed by atoms with E-state index in [1.165, 1.54) is 76.6 Å². The zero-order chi connectivity index (χ0) is 14.5. The standard InChI is InChI=1S/C18H31N3/c1-2-16-14-19-21(15-16)18-9-12-20(13-10-18)11-8-17-6-4-3-5-7-17/h14-15,17-18H,2-13H2,1H3. The number of likely N-dealkylation sites (tertiary alicyclic amines) is 1. The molecule has 2 fully saturated rings. The second kappa shape index (κ2) is 7.44. The van der Waals surface area contributed by atoms with Crippen molar-refractivity contribution < 1.29 is 0 Å². The topological polar surface area (TPSA) is 21.1 Å². The van der Waals surface area contributed by atoms with Crippen LogP contribution in [-0.2, 0) is 6.42 Å². The normalized spacial score (nSPS) is 22.7. The van der Waals surface area contributed by atoms with Gasteiger partial charge in [0.05, 0.1) is 12.2 Å². The SMILES string of the molecule is CCc1cnn(C2CCN(CCC3CCCCC3)CC2)c1. The van der Waals surface area contributed by atoms with Crippen molar-refractivity contribution in [3.63, 3.8) is 0 Å². The predicted octanol–water partition coefficient (Wildman–Crippen LogP) is 4.05. The first-order valence-corrected chi connectivity index (χ1v) is 9.10. The highest BCUT2D eigenvalue weighted by Gasteiger charge is 2.22. The summed E-state index contributed by atoms with van der Waals surface area (Å²) in [7, 11) is 0. The maximum Gasteiger partial charge on any atom is 0.0543 e. The van der Waals surface area contributed by atoms with E-state index in [1.54, 1.807) is 0 Å². The van der Waals surface area contributed by atoms with Gasteiger partial charge in [-0.25, -0.2) is 0 Å². The first-order valence-electron chi connectivity index (χ1n) is 9.10. The Kier molecular flexibility index (Phi) is 5.34. The van der Waals surface area contributed by atoms with E-state index in [0.29, 0.717) is 6.04 Å². The lowest BCUT2D eigenvalue weighted by Gasteiger charge is -2.33. The van der Waals surface area contributed by atoms with E-state index in [0.717, 1.165) is 12.3 Å². The average Bonchev–Trinajstić information content (AvgIpc) is 3.03. The van der Waals surface area contributed by atoms with E-state index in [1.807, 2.05) is 6.20 Å². The summed E-state index contributed by atoms with van der Waals surface area (Å²) < 4.78 is 2.22. The third kappa shape index (κ3) is 4.09. The van der Waals surface area contributed by atoms with Crippen molar-refractivity contribution >= 4 is 0 Å². The van der Waals surface area contributed by atoms with E-state index in [2.05, 4.69) is 27.8 Å². The molecule has 0 atom stereocenters. The number of hydrogen-bond donors (Lipinski definition) is 0. The Labute approximate surface area is 129 Å². The number of aryl methyl sites for hydroxylation is 1. The molecule has 0 spiro atoms. The van der Waals surface area contributed by atoms with Gasteiger partial charge in [0, 0.05) is 19.3 Å².